The second-order valence-electron chi connectivity index (χ2n) is 5.85. The number of hydrogen-bond acceptors (Lipinski definition) is 5. The van der Waals surface area contributed by atoms with Gasteiger partial charge >= 0.3 is 5.97 Å². The summed E-state index contributed by atoms with van der Waals surface area (Å²) < 4.78 is 11.3. The standard InChI is InChI=1S/C21H11Cl2NO4/c22-14-9-15-17(25)20(28-21(26)13-7-4-8-24-11-13)18(12-5-2-1-3-6-12)27-19(15)16(23)10-14/h1-11H. The molecular formula is C21H11Cl2NO4. The van der Waals surface area contributed by atoms with Gasteiger partial charge in [0, 0.05) is 23.0 Å². The van der Waals surface area contributed by atoms with Gasteiger partial charge < -0.3 is 9.15 Å². The first-order valence-corrected chi connectivity index (χ1v) is 8.93. The molecule has 0 bridgehead atoms. The normalized spacial score (nSPS) is 10.8. The van der Waals surface area contributed by atoms with Crippen LogP contribution < -0.4 is 10.2 Å². The summed E-state index contributed by atoms with van der Waals surface area (Å²) in [6.45, 7) is 0. The average molecular weight is 412 g/mol. The van der Waals surface area contributed by atoms with E-state index in [-0.39, 0.29) is 38.1 Å². The van der Waals surface area contributed by atoms with Crippen LogP contribution in [0.5, 0.6) is 5.75 Å². The van der Waals surface area contributed by atoms with E-state index in [4.69, 9.17) is 32.4 Å². The van der Waals surface area contributed by atoms with Gasteiger partial charge in [0.25, 0.3) is 0 Å². The Morgan fingerprint density at radius 2 is 1.82 bits per heavy atom. The van der Waals surface area contributed by atoms with E-state index < -0.39 is 11.4 Å². The van der Waals surface area contributed by atoms with Gasteiger partial charge in [-0.15, -0.1) is 0 Å². The van der Waals surface area contributed by atoms with Crippen molar-refractivity contribution in [3.63, 3.8) is 0 Å². The maximum Gasteiger partial charge on any atom is 0.345 e. The van der Waals surface area contributed by atoms with Crippen LogP contribution in [0.4, 0.5) is 0 Å². The van der Waals surface area contributed by atoms with E-state index in [0.29, 0.717) is 5.56 Å². The summed E-state index contributed by atoms with van der Waals surface area (Å²) >= 11 is 12.2. The Labute approximate surface area is 169 Å². The highest BCUT2D eigenvalue weighted by Gasteiger charge is 2.22. The fraction of sp³-hybridized carbons (Fsp3) is 0. The van der Waals surface area contributed by atoms with Gasteiger partial charge in [0.2, 0.25) is 11.2 Å². The quantitative estimate of drug-likeness (QED) is 0.423. The maximum absolute atomic E-state index is 13.1. The molecule has 2 aromatic heterocycles. The number of halogens is 2. The molecule has 0 fully saturated rings. The molecule has 0 unspecified atom stereocenters. The highest BCUT2D eigenvalue weighted by molar-refractivity contribution is 6.38. The molecule has 4 aromatic rings. The van der Waals surface area contributed by atoms with Crippen LogP contribution in [0.15, 0.2) is 76.2 Å². The van der Waals surface area contributed by atoms with Crippen LogP contribution in [0.25, 0.3) is 22.3 Å². The van der Waals surface area contributed by atoms with Crippen molar-refractivity contribution < 1.29 is 13.9 Å². The van der Waals surface area contributed by atoms with Gasteiger partial charge in [-0.2, -0.15) is 0 Å². The summed E-state index contributed by atoms with van der Waals surface area (Å²) in [5.74, 6) is -0.879. The smallest absolute Gasteiger partial charge is 0.345 e. The molecule has 0 aliphatic carbocycles. The van der Waals surface area contributed by atoms with Crippen LogP contribution in [0.3, 0.4) is 0 Å². The predicted octanol–water partition coefficient (Wildman–Crippen LogP) is 5.38. The van der Waals surface area contributed by atoms with E-state index in [0.717, 1.165) is 0 Å². The molecule has 0 saturated heterocycles. The summed E-state index contributed by atoms with van der Waals surface area (Å²) in [6.07, 6.45) is 2.88. The summed E-state index contributed by atoms with van der Waals surface area (Å²) in [7, 11) is 0. The maximum atomic E-state index is 13.1. The van der Waals surface area contributed by atoms with Crippen molar-refractivity contribution in [2.75, 3.05) is 0 Å². The summed E-state index contributed by atoms with van der Waals surface area (Å²) in [5, 5.41) is 0.565. The van der Waals surface area contributed by atoms with E-state index in [1.807, 2.05) is 6.07 Å². The highest BCUT2D eigenvalue weighted by Crippen LogP contribution is 2.35. The van der Waals surface area contributed by atoms with Crippen molar-refractivity contribution in [1.29, 1.82) is 0 Å². The number of fused-ring (bicyclic) bond motifs is 1. The molecule has 0 aliphatic heterocycles. The molecule has 5 nitrogen and oxygen atoms in total. The predicted molar refractivity (Wildman–Crippen MR) is 107 cm³/mol. The third-order valence-corrected chi connectivity index (χ3v) is 4.50. The van der Waals surface area contributed by atoms with Gasteiger partial charge in [-0.1, -0.05) is 53.5 Å². The van der Waals surface area contributed by atoms with Crippen LogP contribution in [0, 0.1) is 0 Å². The molecule has 2 aromatic carbocycles. The SMILES string of the molecule is O=C(Oc1c(-c2ccccc2)oc2c(Cl)cc(Cl)cc2c1=O)c1cccnc1. The van der Waals surface area contributed by atoms with E-state index >= 15 is 0 Å². The van der Waals surface area contributed by atoms with Gasteiger partial charge in [-0.05, 0) is 24.3 Å². The van der Waals surface area contributed by atoms with Gasteiger partial charge in [0.1, 0.15) is 0 Å². The van der Waals surface area contributed by atoms with Gasteiger partial charge in [0.15, 0.2) is 11.3 Å². The zero-order valence-corrected chi connectivity index (χ0v) is 15.7. The Bertz CT molecular complexity index is 1240. The number of benzene rings is 2. The third kappa shape index (κ3) is 3.38. The molecule has 0 radical (unpaired) electrons. The second-order valence-corrected chi connectivity index (χ2v) is 6.69. The van der Waals surface area contributed by atoms with E-state index in [1.54, 1.807) is 30.3 Å². The van der Waals surface area contributed by atoms with Crippen molar-refractivity contribution in [2.24, 2.45) is 0 Å². The number of ether oxygens (including phenoxy) is 1. The second kappa shape index (κ2) is 7.46. The number of carbonyl (C=O) groups excluding carboxylic acids is 1. The zero-order chi connectivity index (χ0) is 19.7. The Morgan fingerprint density at radius 1 is 1.04 bits per heavy atom. The number of hydrogen-bond donors (Lipinski definition) is 0. The topological polar surface area (TPSA) is 69.4 Å². The van der Waals surface area contributed by atoms with Crippen LogP contribution in [-0.4, -0.2) is 11.0 Å². The monoisotopic (exact) mass is 411 g/mol. The summed E-state index contributed by atoms with van der Waals surface area (Å²) in [6, 6.07) is 14.9. The summed E-state index contributed by atoms with van der Waals surface area (Å²) in [5.41, 5.74) is 0.365. The van der Waals surface area contributed by atoms with Crippen molar-refractivity contribution in [2.45, 2.75) is 0 Å². The minimum Gasteiger partial charge on any atom is -0.450 e. The molecule has 0 amide bonds. The Morgan fingerprint density at radius 3 is 2.54 bits per heavy atom. The number of nitrogens with zero attached hydrogens (tertiary/aromatic N) is 1. The van der Waals surface area contributed by atoms with Crippen molar-refractivity contribution in [3.8, 4) is 17.1 Å². The van der Waals surface area contributed by atoms with Crippen LogP contribution in [-0.2, 0) is 0 Å². The molecule has 0 saturated carbocycles. The summed E-state index contributed by atoms with van der Waals surface area (Å²) in [4.78, 5) is 29.5. The van der Waals surface area contributed by atoms with Crippen LogP contribution in [0.2, 0.25) is 10.0 Å². The lowest BCUT2D eigenvalue weighted by atomic mass is 10.1. The first-order valence-electron chi connectivity index (χ1n) is 8.18. The fourth-order valence-electron chi connectivity index (χ4n) is 2.71. The zero-order valence-electron chi connectivity index (χ0n) is 14.2. The number of carbonyl (C=O) groups is 1. The third-order valence-electron chi connectivity index (χ3n) is 4.00. The lowest BCUT2D eigenvalue weighted by Crippen LogP contribution is -2.16. The van der Waals surface area contributed by atoms with E-state index in [2.05, 4.69) is 4.98 Å². The largest absolute Gasteiger partial charge is 0.450 e. The highest BCUT2D eigenvalue weighted by atomic mass is 35.5. The fourth-order valence-corrected chi connectivity index (χ4v) is 3.25. The molecule has 4 rings (SSSR count). The number of rotatable bonds is 3. The lowest BCUT2D eigenvalue weighted by molar-refractivity contribution is 0.0731. The van der Waals surface area contributed by atoms with Crippen LogP contribution >= 0.6 is 23.2 Å². The van der Waals surface area contributed by atoms with Crippen molar-refractivity contribution >= 4 is 40.1 Å². The first kappa shape index (κ1) is 18.2. The molecular weight excluding hydrogens is 401 g/mol. The minimum absolute atomic E-state index is 0.0968. The molecule has 0 spiro atoms. The molecule has 0 aliphatic rings. The molecule has 7 heteroatoms. The Hall–Kier alpha value is -3.15. The number of aromatic nitrogens is 1. The van der Waals surface area contributed by atoms with Crippen LogP contribution in [0.1, 0.15) is 10.4 Å². The molecule has 138 valence electrons. The van der Waals surface area contributed by atoms with E-state index in [1.165, 1.54) is 30.6 Å². The minimum atomic E-state index is -0.731. The lowest BCUT2D eigenvalue weighted by Gasteiger charge is -2.11. The van der Waals surface area contributed by atoms with Gasteiger partial charge in [-0.3, -0.25) is 9.78 Å². The average Bonchev–Trinajstić information content (AvgIpc) is 2.71. The first-order chi connectivity index (χ1) is 13.5. The van der Waals surface area contributed by atoms with Gasteiger partial charge in [-0.25, -0.2) is 4.79 Å². The molecule has 0 atom stereocenters. The van der Waals surface area contributed by atoms with Gasteiger partial charge in [0.05, 0.1) is 16.0 Å². The molecule has 0 N–H and O–H groups in total. The van der Waals surface area contributed by atoms with Crippen molar-refractivity contribution in [1.82, 2.24) is 4.98 Å². The number of esters is 1. The van der Waals surface area contributed by atoms with Crippen molar-refractivity contribution in [3.05, 3.63) is 92.8 Å². The molecule has 2 heterocycles. The Balaban J connectivity index is 1.96. The number of pyridine rings is 1. The Kier molecular flexibility index (Phi) is 4.86. The van der Waals surface area contributed by atoms with E-state index in [9.17, 15) is 9.59 Å². The molecule has 28 heavy (non-hydrogen) atoms.